The number of amides is 1. The zero-order chi connectivity index (χ0) is 14.8. The van der Waals surface area contributed by atoms with Crippen LogP contribution in [0, 0.1) is 17.3 Å². The lowest BCUT2D eigenvalue weighted by Crippen LogP contribution is -2.53. The Bertz CT molecular complexity index is 326. The second-order valence-corrected chi connectivity index (χ2v) is 6.97. The van der Waals surface area contributed by atoms with Crippen molar-refractivity contribution in [2.45, 2.75) is 65.5 Å². The molecule has 0 aliphatic heterocycles. The van der Waals surface area contributed by atoms with Gasteiger partial charge in [-0.05, 0) is 37.5 Å². The predicted octanol–water partition coefficient (Wildman–Crippen LogP) is 1.66. The van der Waals surface area contributed by atoms with Gasteiger partial charge in [0.2, 0.25) is 5.91 Å². The van der Waals surface area contributed by atoms with Crippen LogP contribution in [0.25, 0.3) is 0 Å². The van der Waals surface area contributed by atoms with Gasteiger partial charge >= 0.3 is 0 Å². The molecule has 4 heteroatoms. The van der Waals surface area contributed by atoms with Crippen molar-refractivity contribution in [1.29, 1.82) is 0 Å². The van der Waals surface area contributed by atoms with Crippen LogP contribution < -0.4 is 11.1 Å². The molecule has 0 bridgehead atoms. The quantitative estimate of drug-likeness (QED) is 0.727. The van der Waals surface area contributed by atoms with E-state index in [-0.39, 0.29) is 23.3 Å². The zero-order valence-electron chi connectivity index (χ0n) is 13.0. The van der Waals surface area contributed by atoms with Crippen molar-refractivity contribution in [3.63, 3.8) is 0 Å². The van der Waals surface area contributed by atoms with Crippen LogP contribution >= 0.6 is 0 Å². The van der Waals surface area contributed by atoms with E-state index in [1.54, 1.807) is 6.92 Å². The van der Waals surface area contributed by atoms with Crippen molar-refractivity contribution >= 4 is 5.91 Å². The van der Waals surface area contributed by atoms with E-state index in [1.807, 2.05) is 6.92 Å². The molecule has 0 aromatic heterocycles. The average Bonchev–Trinajstić information content (AvgIpc) is 2.33. The van der Waals surface area contributed by atoms with E-state index in [1.165, 1.54) is 0 Å². The van der Waals surface area contributed by atoms with E-state index in [2.05, 4.69) is 26.1 Å². The molecule has 4 unspecified atom stereocenters. The second kappa shape index (κ2) is 5.80. The smallest absolute Gasteiger partial charge is 0.223 e. The largest absolute Gasteiger partial charge is 0.388 e. The summed E-state index contributed by atoms with van der Waals surface area (Å²) in [7, 11) is 0. The SMILES string of the molecule is CCC(C)(O)CNC(=O)C1CCC(N)C(C)C1(C)C. The third-order valence-electron chi connectivity index (χ3n) is 5.22. The Labute approximate surface area is 117 Å². The van der Waals surface area contributed by atoms with Gasteiger partial charge in [0.05, 0.1) is 5.60 Å². The van der Waals surface area contributed by atoms with Crippen LogP contribution in [-0.4, -0.2) is 29.2 Å². The number of carbonyl (C=O) groups excluding carboxylic acids is 1. The Morgan fingerprint density at radius 1 is 1.47 bits per heavy atom. The first-order valence-electron chi connectivity index (χ1n) is 7.37. The van der Waals surface area contributed by atoms with Crippen LogP contribution in [0.3, 0.4) is 0 Å². The molecule has 0 heterocycles. The first-order valence-corrected chi connectivity index (χ1v) is 7.37. The first-order chi connectivity index (χ1) is 8.62. The van der Waals surface area contributed by atoms with Gasteiger partial charge in [0, 0.05) is 18.5 Å². The highest BCUT2D eigenvalue weighted by molar-refractivity contribution is 5.79. The summed E-state index contributed by atoms with van der Waals surface area (Å²) < 4.78 is 0. The molecule has 0 aromatic carbocycles. The fourth-order valence-corrected chi connectivity index (χ4v) is 2.84. The summed E-state index contributed by atoms with van der Waals surface area (Å²) in [5.41, 5.74) is 5.19. The number of nitrogens with two attached hydrogens (primary N) is 1. The Hall–Kier alpha value is -0.610. The average molecular weight is 270 g/mol. The Kier molecular flexibility index (Phi) is 5.02. The minimum absolute atomic E-state index is 0.0186. The lowest BCUT2D eigenvalue weighted by molar-refractivity contribution is -0.133. The minimum Gasteiger partial charge on any atom is -0.388 e. The van der Waals surface area contributed by atoms with Gasteiger partial charge in [-0.3, -0.25) is 4.79 Å². The van der Waals surface area contributed by atoms with E-state index in [0.29, 0.717) is 18.9 Å². The molecule has 0 saturated heterocycles. The fraction of sp³-hybridized carbons (Fsp3) is 0.933. The van der Waals surface area contributed by atoms with Crippen molar-refractivity contribution in [2.75, 3.05) is 6.54 Å². The molecule has 4 N–H and O–H groups in total. The topological polar surface area (TPSA) is 75.3 Å². The molecule has 112 valence electrons. The standard InChI is InChI=1S/C15H30N2O2/c1-6-15(5,19)9-17-13(18)11-7-8-12(16)10(2)14(11,3)4/h10-12,19H,6-9,16H2,1-5H3,(H,17,18). The Balaban J connectivity index is 2.67. The van der Waals surface area contributed by atoms with Crippen LogP contribution in [0.4, 0.5) is 0 Å². The highest BCUT2D eigenvalue weighted by atomic mass is 16.3. The summed E-state index contributed by atoms with van der Waals surface area (Å²) in [4.78, 5) is 12.4. The maximum atomic E-state index is 12.4. The summed E-state index contributed by atoms with van der Waals surface area (Å²) >= 11 is 0. The Morgan fingerprint density at radius 3 is 2.58 bits per heavy atom. The molecule has 1 fully saturated rings. The van der Waals surface area contributed by atoms with Crippen molar-refractivity contribution in [2.24, 2.45) is 23.0 Å². The number of nitrogens with one attached hydrogen (secondary N) is 1. The van der Waals surface area contributed by atoms with Gasteiger partial charge in [-0.1, -0.05) is 27.7 Å². The molecule has 0 aromatic rings. The van der Waals surface area contributed by atoms with E-state index < -0.39 is 5.60 Å². The summed E-state index contributed by atoms with van der Waals surface area (Å²) in [5.74, 6) is 0.358. The molecule has 1 rings (SSSR count). The van der Waals surface area contributed by atoms with E-state index in [4.69, 9.17) is 5.73 Å². The summed E-state index contributed by atoms with van der Waals surface area (Å²) in [6, 6.07) is 0.179. The van der Waals surface area contributed by atoms with Crippen molar-refractivity contribution in [1.82, 2.24) is 5.32 Å². The molecular formula is C15H30N2O2. The highest BCUT2D eigenvalue weighted by Gasteiger charge is 2.45. The predicted molar refractivity (Wildman–Crippen MR) is 77.6 cm³/mol. The molecule has 1 saturated carbocycles. The monoisotopic (exact) mass is 270 g/mol. The van der Waals surface area contributed by atoms with Gasteiger partial charge in [0.1, 0.15) is 0 Å². The van der Waals surface area contributed by atoms with Crippen LogP contribution in [0.5, 0.6) is 0 Å². The molecule has 1 aliphatic rings. The van der Waals surface area contributed by atoms with E-state index in [0.717, 1.165) is 12.8 Å². The molecule has 1 amide bonds. The molecule has 4 nitrogen and oxygen atoms in total. The van der Waals surface area contributed by atoms with Crippen molar-refractivity contribution in [3.8, 4) is 0 Å². The first kappa shape index (κ1) is 16.4. The summed E-state index contributed by atoms with van der Waals surface area (Å²) in [6.07, 6.45) is 2.36. The van der Waals surface area contributed by atoms with Crippen LogP contribution in [-0.2, 0) is 4.79 Å². The Morgan fingerprint density at radius 2 is 2.05 bits per heavy atom. The van der Waals surface area contributed by atoms with Crippen LogP contribution in [0.15, 0.2) is 0 Å². The maximum absolute atomic E-state index is 12.4. The molecule has 1 aliphatic carbocycles. The molecular weight excluding hydrogens is 240 g/mol. The highest BCUT2D eigenvalue weighted by Crippen LogP contribution is 2.44. The maximum Gasteiger partial charge on any atom is 0.223 e. The van der Waals surface area contributed by atoms with Gasteiger partial charge in [0.25, 0.3) is 0 Å². The lowest BCUT2D eigenvalue weighted by Gasteiger charge is -2.46. The fourth-order valence-electron chi connectivity index (χ4n) is 2.84. The van der Waals surface area contributed by atoms with Crippen molar-refractivity contribution in [3.05, 3.63) is 0 Å². The number of carbonyl (C=O) groups is 1. The third kappa shape index (κ3) is 3.69. The number of hydrogen-bond acceptors (Lipinski definition) is 3. The van der Waals surface area contributed by atoms with Crippen LogP contribution in [0.1, 0.15) is 53.9 Å². The summed E-state index contributed by atoms with van der Waals surface area (Å²) in [5, 5.41) is 12.9. The second-order valence-electron chi connectivity index (χ2n) is 6.97. The van der Waals surface area contributed by atoms with Gasteiger partial charge in [-0.15, -0.1) is 0 Å². The number of rotatable bonds is 4. The molecule has 0 spiro atoms. The third-order valence-corrected chi connectivity index (χ3v) is 5.22. The van der Waals surface area contributed by atoms with Crippen molar-refractivity contribution < 1.29 is 9.90 Å². The van der Waals surface area contributed by atoms with Gasteiger partial charge in [0.15, 0.2) is 0 Å². The normalized spacial score (nSPS) is 33.5. The van der Waals surface area contributed by atoms with E-state index in [9.17, 15) is 9.90 Å². The van der Waals surface area contributed by atoms with E-state index >= 15 is 0 Å². The minimum atomic E-state index is -0.823. The summed E-state index contributed by atoms with van der Waals surface area (Å²) in [6.45, 7) is 10.4. The zero-order valence-corrected chi connectivity index (χ0v) is 13.0. The molecule has 4 atom stereocenters. The molecule has 19 heavy (non-hydrogen) atoms. The lowest BCUT2D eigenvalue weighted by atomic mass is 9.61. The van der Waals surface area contributed by atoms with Gasteiger partial charge < -0.3 is 16.2 Å². The number of aliphatic hydroxyl groups is 1. The van der Waals surface area contributed by atoms with Gasteiger partial charge in [-0.25, -0.2) is 0 Å². The van der Waals surface area contributed by atoms with Gasteiger partial charge in [-0.2, -0.15) is 0 Å². The number of hydrogen-bond donors (Lipinski definition) is 3. The molecule has 0 radical (unpaired) electrons. The van der Waals surface area contributed by atoms with Crippen LogP contribution in [0.2, 0.25) is 0 Å².